The molecular formula is C10H10N2OS. The van der Waals surface area contributed by atoms with E-state index >= 15 is 0 Å². The van der Waals surface area contributed by atoms with Gasteiger partial charge >= 0.3 is 0 Å². The van der Waals surface area contributed by atoms with Crippen molar-refractivity contribution in [3.63, 3.8) is 0 Å². The van der Waals surface area contributed by atoms with Crippen molar-refractivity contribution in [2.24, 2.45) is 0 Å². The molecule has 1 fully saturated rings. The van der Waals surface area contributed by atoms with E-state index < -0.39 is 0 Å². The maximum atomic E-state index is 5.14. The van der Waals surface area contributed by atoms with Crippen LogP contribution in [0, 0.1) is 0 Å². The van der Waals surface area contributed by atoms with E-state index in [0.29, 0.717) is 5.25 Å². The van der Waals surface area contributed by atoms with E-state index in [-0.39, 0.29) is 0 Å². The van der Waals surface area contributed by atoms with Gasteiger partial charge in [-0.05, 0) is 12.1 Å². The Balaban J connectivity index is 1.88. The number of hydrogen-bond donors (Lipinski definition) is 0. The number of nitrogens with zero attached hydrogens (tertiary/aromatic N) is 2. The number of thioether (sulfide) groups is 1. The Kier molecular flexibility index (Phi) is 1.96. The van der Waals surface area contributed by atoms with Crippen LogP contribution in [0.1, 0.15) is 0 Å². The molecule has 14 heavy (non-hydrogen) atoms. The van der Waals surface area contributed by atoms with Crippen molar-refractivity contribution in [3.8, 4) is 0 Å². The molecule has 3 heterocycles. The number of imidazole rings is 1. The highest BCUT2D eigenvalue weighted by molar-refractivity contribution is 8.00. The monoisotopic (exact) mass is 206 g/mol. The molecule has 2 aromatic heterocycles. The van der Waals surface area contributed by atoms with E-state index in [0.717, 1.165) is 18.9 Å². The van der Waals surface area contributed by atoms with Crippen LogP contribution in [0.25, 0.3) is 5.65 Å². The third-order valence-electron chi connectivity index (χ3n) is 2.27. The first kappa shape index (κ1) is 8.32. The molecule has 3 nitrogen and oxygen atoms in total. The number of rotatable bonds is 2. The van der Waals surface area contributed by atoms with Gasteiger partial charge in [-0.3, -0.25) is 0 Å². The summed E-state index contributed by atoms with van der Waals surface area (Å²) in [6.07, 6.45) is 5.90. The maximum absolute atomic E-state index is 5.14. The van der Waals surface area contributed by atoms with Crippen molar-refractivity contribution in [2.75, 3.05) is 13.2 Å². The number of ether oxygens (including phenoxy) is 1. The van der Waals surface area contributed by atoms with Crippen molar-refractivity contribution in [1.29, 1.82) is 0 Å². The molecule has 0 bridgehead atoms. The van der Waals surface area contributed by atoms with Crippen LogP contribution in [-0.2, 0) is 4.74 Å². The van der Waals surface area contributed by atoms with E-state index in [1.807, 2.05) is 34.6 Å². The van der Waals surface area contributed by atoms with E-state index in [4.69, 9.17) is 4.74 Å². The molecule has 1 saturated heterocycles. The summed E-state index contributed by atoms with van der Waals surface area (Å²) in [6.45, 7) is 1.76. The van der Waals surface area contributed by atoms with Crippen LogP contribution in [0.2, 0.25) is 0 Å². The van der Waals surface area contributed by atoms with Crippen LogP contribution in [0.5, 0.6) is 0 Å². The minimum Gasteiger partial charge on any atom is -0.379 e. The first-order valence-electron chi connectivity index (χ1n) is 4.59. The lowest BCUT2D eigenvalue weighted by molar-refractivity contribution is 0.0455. The molecule has 3 rings (SSSR count). The fourth-order valence-electron chi connectivity index (χ4n) is 1.44. The van der Waals surface area contributed by atoms with Crippen LogP contribution in [0.4, 0.5) is 0 Å². The van der Waals surface area contributed by atoms with E-state index in [1.54, 1.807) is 0 Å². The number of aromatic nitrogens is 2. The van der Waals surface area contributed by atoms with Gasteiger partial charge in [0.2, 0.25) is 0 Å². The molecule has 0 amide bonds. The van der Waals surface area contributed by atoms with Crippen LogP contribution in [0.15, 0.2) is 35.6 Å². The summed E-state index contributed by atoms with van der Waals surface area (Å²) in [5, 5.41) is 0.635. The molecule has 4 heteroatoms. The molecule has 0 spiro atoms. The molecule has 0 unspecified atom stereocenters. The zero-order valence-electron chi connectivity index (χ0n) is 7.59. The van der Waals surface area contributed by atoms with Gasteiger partial charge in [0.15, 0.2) is 0 Å². The van der Waals surface area contributed by atoms with Gasteiger partial charge in [-0.15, -0.1) is 11.8 Å². The highest BCUT2D eigenvalue weighted by atomic mass is 32.2. The smallest absolute Gasteiger partial charge is 0.136 e. The Morgan fingerprint density at radius 3 is 3.14 bits per heavy atom. The molecule has 0 atom stereocenters. The van der Waals surface area contributed by atoms with E-state index in [2.05, 4.69) is 17.2 Å². The van der Waals surface area contributed by atoms with Crippen molar-refractivity contribution < 1.29 is 4.74 Å². The first-order chi connectivity index (χ1) is 6.92. The normalized spacial score (nSPS) is 17.1. The lowest BCUT2D eigenvalue weighted by Gasteiger charge is -2.25. The van der Waals surface area contributed by atoms with Gasteiger partial charge in [-0.25, -0.2) is 4.98 Å². The molecule has 0 aliphatic carbocycles. The average Bonchev–Trinajstić information content (AvgIpc) is 2.58. The average molecular weight is 206 g/mol. The number of hydrogen-bond acceptors (Lipinski definition) is 3. The predicted molar refractivity (Wildman–Crippen MR) is 55.7 cm³/mol. The van der Waals surface area contributed by atoms with Crippen LogP contribution >= 0.6 is 11.8 Å². The summed E-state index contributed by atoms with van der Waals surface area (Å²) >= 11 is 1.87. The second-order valence-corrected chi connectivity index (χ2v) is 4.71. The SMILES string of the molecule is c1cn2cc(SC3COC3)ccc2n1. The fraction of sp³-hybridized carbons (Fsp3) is 0.300. The Morgan fingerprint density at radius 1 is 1.43 bits per heavy atom. The lowest BCUT2D eigenvalue weighted by atomic mass is 10.4. The number of fused-ring (bicyclic) bond motifs is 1. The Morgan fingerprint density at radius 2 is 2.36 bits per heavy atom. The zero-order valence-corrected chi connectivity index (χ0v) is 8.41. The second kappa shape index (κ2) is 3.29. The Bertz CT molecular complexity index is 450. The standard InChI is InChI=1S/C10H10N2OS/c1-2-10-11-3-4-12(10)5-8(1)14-9-6-13-7-9/h1-5,9H,6-7H2. The summed E-state index contributed by atoms with van der Waals surface area (Å²) in [5.41, 5.74) is 0.999. The highest BCUT2D eigenvalue weighted by Crippen LogP contribution is 2.27. The van der Waals surface area contributed by atoms with Crippen molar-refractivity contribution >= 4 is 17.4 Å². The molecule has 0 radical (unpaired) electrons. The molecule has 0 N–H and O–H groups in total. The number of pyridine rings is 1. The molecule has 0 aromatic carbocycles. The lowest BCUT2D eigenvalue weighted by Crippen LogP contribution is -2.30. The quantitative estimate of drug-likeness (QED) is 0.750. The maximum Gasteiger partial charge on any atom is 0.136 e. The third-order valence-corrected chi connectivity index (χ3v) is 3.39. The van der Waals surface area contributed by atoms with Gasteiger partial charge in [-0.1, -0.05) is 0 Å². The van der Waals surface area contributed by atoms with Gasteiger partial charge in [0.25, 0.3) is 0 Å². The molecule has 72 valence electrons. The summed E-state index contributed by atoms with van der Waals surface area (Å²) in [5.74, 6) is 0. The largest absolute Gasteiger partial charge is 0.379 e. The first-order valence-corrected chi connectivity index (χ1v) is 5.47. The van der Waals surface area contributed by atoms with Gasteiger partial charge in [0.05, 0.1) is 18.5 Å². The summed E-state index contributed by atoms with van der Waals surface area (Å²) < 4.78 is 7.18. The van der Waals surface area contributed by atoms with Gasteiger partial charge < -0.3 is 9.14 Å². The van der Waals surface area contributed by atoms with Crippen LogP contribution in [0.3, 0.4) is 0 Å². The zero-order chi connectivity index (χ0) is 9.38. The second-order valence-electron chi connectivity index (χ2n) is 3.33. The van der Waals surface area contributed by atoms with Crippen molar-refractivity contribution in [2.45, 2.75) is 10.1 Å². The minimum atomic E-state index is 0.635. The molecule has 2 aromatic rings. The Labute approximate surface area is 86.1 Å². The minimum absolute atomic E-state index is 0.635. The van der Waals surface area contributed by atoms with Crippen molar-refractivity contribution in [3.05, 3.63) is 30.7 Å². The summed E-state index contributed by atoms with van der Waals surface area (Å²) in [7, 11) is 0. The van der Waals surface area contributed by atoms with E-state index in [1.165, 1.54) is 4.90 Å². The van der Waals surface area contributed by atoms with Gasteiger partial charge in [0.1, 0.15) is 5.65 Å². The molecule has 1 aliphatic rings. The molecule has 1 aliphatic heterocycles. The highest BCUT2D eigenvalue weighted by Gasteiger charge is 2.19. The van der Waals surface area contributed by atoms with Gasteiger partial charge in [-0.2, -0.15) is 0 Å². The predicted octanol–water partition coefficient (Wildman–Crippen LogP) is 1.83. The fourth-order valence-corrected chi connectivity index (χ4v) is 2.48. The summed E-state index contributed by atoms with van der Waals surface area (Å²) in [6, 6.07) is 4.16. The topological polar surface area (TPSA) is 26.5 Å². The van der Waals surface area contributed by atoms with Gasteiger partial charge in [0, 0.05) is 23.5 Å². The molecular weight excluding hydrogens is 196 g/mol. The Hall–Kier alpha value is -1.00. The van der Waals surface area contributed by atoms with Crippen molar-refractivity contribution in [1.82, 2.24) is 9.38 Å². The molecule has 0 saturated carbocycles. The summed E-state index contributed by atoms with van der Waals surface area (Å²) in [4.78, 5) is 5.48. The van der Waals surface area contributed by atoms with Crippen LogP contribution < -0.4 is 0 Å². The van der Waals surface area contributed by atoms with E-state index in [9.17, 15) is 0 Å². The van der Waals surface area contributed by atoms with Crippen LogP contribution in [-0.4, -0.2) is 27.8 Å². The third kappa shape index (κ3) is 1.40.